The zero-order valence-electron chi connectivity index (χ0n) is 16.0. The van der Waals surface area contributed by atoms with Crippen molar-refractivity contribution in [2.75, 3.05) is 11.4 Å². The predicted octanol–water partition coefficient (Wildman–Crippen LogP) is 1.70. The van der Waals surface area contributed by atoms with Gasteiger partial charge in [-0.05, 0) is 36.9 Å². The van der Waals surface area contributed by atoms with Crippen molar-refractivity contribution in [2.45, 2.75) is 38.5 Å². The zero-order chi connectivity index (χ0) is 20.3. The van der Waals surface area contributed by atoms with Crippen LogP contribution in [0.25, 0.3) is 10.4 Å². The van der Waals surface area contributed by atoms with Gasteiger partial charge in [-0.1, -0.05) is 6.07 Å². The molecule has 3 aliphatic rings. The van der Waals surface area contributed by atoms with E-state index in [9.17, 15) is 14.4 Å². The molecule has 8 nitrogen and oxygen atoms in total. The number of nitrogens with one attached hydrogen (secondary N) is 2. The molecule has 5 rings (SSSR count). The van der Waals surface area contributed by atoms with E-state index in [1.807, 2.05) is 48.5 Å². The zero-order valence-corrected chi connectivity index (χ0v) is 16.8. The maximum Gasteiger partial charge on any atom is 0.328 e. The van der Waals surface area contributed by atoms with E-state index in [0.717, 1.165) is 21.8 Å². The normalized spacial score (nSPS) is 27.9. The lowest BCUT2D eigenvalue weighted by atomic mass is 9.67. The van der Waals surface area contributed by atoms with E-state index in [1.54, 1.807) is 11.3 Å². The second-order valence-corrected chi connectivity index (χ2v) is 8.77. The van der Waals surface area contributed by atoms with Crippen molar-refractivity contribution in [3.05, 3.63) is 35.3 Å². The fourth-order valence-electron chi connectivity index (χ4n) is 4.88. The topological polar surface area (TPSA) is 101 Å². The summed E-state index contributed by atoms with van der Waals surface area (Å²) in [6.07, 6.45) is 1.51. The van der Waals surface area contributed by atoms with Crippen LogP contribution in [0, 0.1) is 5.41 Å². The van der Waals surface area contributed by atoms with Crippen LogP contribution in [-0.2, 0) is 20.7 Å². The maximum absolute atomic E-state index is 13.1. The molecule has 0 bridgehead atoms. The number of aromatic nitrogens is 1. The van der Waals surface area contributed by atoms with Crippen LogP contribution >= 0.6 is 11.3 Å². The standard InChI is InChI=1S/C20H20N4O4S/c1-10-9-24-15(11(2)28-10)20(17(25)22-19(27)23-18(20)26)7-12-6-13(8-21-16(12)24)14-4-3-5-29-14/h3-6,8,10-11,15H,7,9H2,1-2H3,(H2,22,23,25,26,27)/t10-,11-,15+/m1/s1. The van der Waals surface area contributed by atoms with Gasteiger partial charge >= 0.3 is 6.03 Å². The van der Waals surface area contributed by atoms with E-state index >= 15 is 0 Å². The summed E-state index contributed by atoms with van der Waals surface area (Å²) < 4.78 is 5.99. The summed E-state index contributed by atoms with van der Waals surface area (Å²) in [5.74, 6) is -0.405. The molecule has 5 heterocycles. The Balaban J connectivity index is 1.69. The van der Waals surface area contributed by atoms with Crippen LogP contribution in [0.5, 0.6) is 0 Å². The minimum atomic E-state index is -1.46. The molecule has 150 valence electrons. The van der Waals surface area contributed by atoms with Crippen molar-refractivity contribution in [3.63, 3.8) is 0 Å². The molecule has 2 fully saturated rings. The van der Waals surface area contributed by atoms with Gasteiger partial charge in [0, 0.05) is 29.6 Å². The van der Waals surface area contributed by atoms with Gasteiger partial charge in [0.2, 0.25) is 11.8 Å². The molecule has 0 radical (unpaired) electrons. The Hall–Kier alpha value is -2.78. The van der Waals surface area contributed by atoms with E-state index in [0.29, 0.717) is 6.54 Å². The first kappa shape index (κ1) is 18.3. The average Bonchev–Trinajstić information content (AvgIpc) is 3.20. The number of morpholine rings is 1. The van der Waals surface area contributed by atoms with Gasteiger partial charge in [0.25, 0.3) is 0 Å². The van der Waals surface area contributed by atoms with Crippen LogP contribution in [0.1, 0.15) is 19.4 Å². The SMILES string of the molecule is C[C@@H]1CN2c3ncc(-c4cccs4)cc3CC3(C(=O)NC(=O)NC3=O)[C@@H]2[C@@H](C)O1. The number of anilines is 1. The average molecular weight is 412 g/mol. The maximum atomic E-state index is 13.1. The van der Waals surface area contributed by atoms with Gasteiger partial charge in [-0.25, -0.2) is 9.78 Å². The van der Waals surface area contributed by atoms with Crippen LogP contribution in [-0.4, -0.2) is 47.6 Å². The number of rotatable bonds is 1. The first-order valence-corrected chi connectivity index (χ1v) is 10.4. The third-order valence-electron chi connectivity index (χ3n) is 5.94. The molecule has 2 aromatic rings. The first-order valence-electron chi connectivity index (χ1n) is 9.52. The fourth-order valence-corrected chi connectivity index (χ4v) is 5.59. The smallest absolute Gasteiger partial charge is 0.328 e. The third kappa shape index (κ3) is 2.61. The number of carbonyl (C=O) groups is 3. The lowest BCUT2D eigenvalue weighted by Gasteiger charge is -2.54. The van der Waals surface area contributed by atoms with E-state index < -0.39 is 35.4 Å². The summed E-state index contributed by atoms with van der Waals surface area (Å²) in [4.78, 5) is 45.7. The Kier molecular flexibility index (Phi) is 4.01. The van der Waals surface area contributed by atoms with Gasteiger partial charge in [0.1, 0.15) is 5.82 Å². The second-order valence-electron chi connectivity index (χ2n) is 7.82. The van der Waals surface area contributed by atoms with Crippen molar-refractivity contribution < 1.29 is 19.1 Å². The molecule has 3 atom stereocenters. The molecule has 9 heteroatoms. The van der Waals surface area contributed by atoms with E-state index in [-0.39, 0.29) is 12.5 Å². The molecular formula is C20H20N4O4S. The van der Waals surface area contributed by atoms with E-state index in [1.165, 1.54) is 0 Å². The third-order valence-corrected chi connectivity index (χ3v) is 6.86. The molecule has 1 spiro atoms. The molecule has 3 aliphatic heterocycles. The quantitative estimate of drug-likeness (QED) is 0.692. The second kappa shape index (κ2) is 6.36. The summed E-state index contributed by atoms with van der Waals surface area (Å²) in [5.41, 5.74) is 0.290. The van der Waals surface area contributed by atoms with E-state index in [2.05, 4.69) is 10.6 Å². The van der Waals surface area contributed by atoms with Crippen molar-refractivity contribution in [3.8, 4) is 10.4 Å². The summed E-state index contributed by atoms with van der Waals surface area (Å²) in [6, 6.07) is 4.63. The number of pyridine rings is 1. The highest BCUT2D eigenvalue weighted by molar-refractivity contribution is 7.13. The van der Waals surface area contributed by atoms with E-state index in [4.69, 9.17) is 9.72 Å². The Morgan fingerprint density at radius 1 is 1.24 bits per heavy atom. The number of barbiturate groups is 1. The van der Waals surface area contributed by atoms with Crippen LogP contribution < -0.4 is 15.5 Å². The van der Waals surface area contributed by atoms with Gasteiger partial charge in [-0.2, -0.15) is 0 Å². The number of nitrogens with zero attached hydrogens (tertiary/aromatic N) is 2. The largest absolute Gasteiger partial charge is 0.372 e. The highest BCUT2D eigenvalue weighted by Crippen LogP contribution is 2.46. The number of hydrogen-bond acceptors (Lipinski definition) is 7. The molecule has 2 aromatic heterocycles. The van der Waals surface area contributed by atoms with Crippen LogP contribution in [0.4, 0.5) is 10.6 Å². The molecule has 0 aliphatic carbocycles. The lowest BCUT2D eigenvalue weighted by molar-refractivity contribution is -0.153. The monoisotopic (exact) mass is 412 g/mol. The lowest BCUT2D eigenvalue weighted by Crippen LogP contribution is -2.75. The van der Waals surface area contributed by atoms with Crippen molar-refractivity contribution in [2.24, 2.45) is 5.41 Å². The first-order chi connectivity index (χ1) is 13.9. The Labute approximate surface area is 171 Å². The highest BCUT2D eigenvalue weighted by Gasteiger charge is 2.63. The Morgan fingerprint density at radius 3 is 2.69 bits per heavy atom. The molecule has 2 N–H and O–H groups in total. The molecular weight excluding hydrogens is 392 g/mol. The molecule has 0 unspecified atom stereocenters. The summed E-state index contributed by atoms with van der Waals surface area (Å²) in [5, 5.41) is 6.59. The number of carbonyl (C=O) groups excluding carboxylic acids is 3. The predicted molar refractivity (Wildman–Crippen MR) is 107 cm³/mol. The number of thiophene rings is 1. The number of ether oxygens (including phenoxy) is 1. The number of hydrogen-bond donors (Lipinski definition) is 2. The fraction of sp³-hybridized carbons (Fsp3) is 0.400. The highest BCUT2D eigenvalue weighted by atomic mass is 32.1. The summed E-state index contributed by atoms with van der Waals surface area (Å²) in [6.45, 7) is 4.32. The summed E-state index contributed by atoms with van der Waals surface area (Å²) >= 11 is 1.60. The van der Waals surface area contributed by atoms with Gasteiger partial charge in [0.15, 0.2) is 5.41 Å². The Bertz CT molecular complexity index is 1000. The van der Waals surface area contributed by atoms with Gasteiger partial charge in [-0.15, -0.1) is 11.3 Å². The van der Waals surface area contributed by atoms with Crippen LogP contribution in [0.3, 0.4) is 0 Å². The number of urea groups is 1. The minimum absolute atomic E-state index is 0.0839. The summed E-state index contributed by atoms with van der Waals surface area (Å²) in [7, 11) is 0. The number of amides is 4. The van der Waals surface area contributed by atoms with Gasteiger partial charge in [0.05, 0.1) is 18.2 Å². The Morgan fingerprint density at radius 2 is 2.00 bits per heavy atom. The van der Waals surface area contributed by atoms with Crippen LogP contribution in [0.2, 0.25) is 0 Å². The molecule has 4 amide bonds. The van der Waals surface area contributed by atoms with Gasteiger partial charge < -0.3 is 9.64 Å². The molecule has 0 saturated carbocycles. The molecule has 29 heavy (non-hydrogen) atoms. The molecule has 0 aromatic carbocycles. The van der Waals surface area contributed by atoms with Crippen molar-refractivity contribution >= 4 is 35.0 Å². The van der Waals surface area contributed by atoms with Gasteiger partial charge in [-0.3, -0.25) is 20.2 Å². The number of imide groups is 2. The molecule has 2 saturated heterocycles. The minimum Gasteiger partial charge on any atom is -0.372 e. The van der Waals surface area contributed by atoms with Crippen molar-refractivity contribution in [1.82, 2.24) is 15.6 Å². The van der Waals surface area contributed by atoms with Crippen LogP contribution in [0.15, 0.2) is 29.8 Å². The van der Waals surface area contributed by atoms with Crippen molar-refractivity contribution in [1.29, 1.82) is 0 Å². The number of fused-ring (bicyclic) bond motifs is 4.